The molecule has 0 saturated heterocycles. The highest BCUT2D eigenvalue weighted by Crippen LogP contribution is 2.24. The van der Waals surface area contributed by atoms with Gasteiger partial charge in [0.05, 0.1) is 24.1 Å². The van der Waals surface area contributed by atoms with Gasteiger partial charge >= 0.3 is 5.97 Å². The smallest absolute Gasteiger partial charge is 0.337 e. The van der Waals surface area contributed by atoms with Gasteiger partial charge in [0.1, 0.15) is 5.52 Å². The van der Waals surface area contributed by atoms with Crippen molar-refractivity contribution >= 4 is 40.5 Å². The van der Waals surface area contributed by atoms with Gasteiger partial charge in [0.15, 0.2) is 10.8 Å². The number of nitrogens with one attached hydrogen (secondary N) is 1. The number of aromatic nitrogens is 5. The molecule has 0 spiro atoms. The molecule has 33 heavy (non-hydrogen) atoms. The molecule has 0 aliphatic carbocycles. The van der Waals surface area contributed by atoms with Gasteiger partial charge in [-0.05, 0) is 30.3 Å². The van der Waals surface area contributed by atoms with E-state index in [1.54, 1.807) is 28.8 Å². The van der Waals surface area contributed by atoms with E-state index in [-0.39, 0.29) is 11.7 Å². The molecule has 1 N–H and O–H groups in total. The van der Waals surface area contributed by atoms with E-state index in [4.69, 9.17) is 0 Å². The Morgan fingerprint density at radius 2 is 1.82 bits per heavy atom. The Bertz CT molecular complexity index is 1460. The van der Waals surface area contributed by atoms with Crippen molar-refractivity contribution in [3.63, 3.8) is 0 Å². The summed E-state index contributed by atoms with van der Waals surface area (Å²) in [5.74, 6) is -0.469. The molecule has 0 radical (unpaired) electrons. The van der Waals surface area contributed by atoms with Gasteiger partial charge in [0, 0.05) is 23.6 Å². The number of anilines is 1. The van der Waals surface area contributed by atoms with Crippen molar-refractivity contribution in [2.75, 3.05) is 18.2 Å². The zero-order valence-corrected chi connectivity index (χ0v) is 18.3. The molecule has 9 nitrogen and oxygen atoms in total. The maximum atomic E-state index is 12.4. The minimum absolute atomic E-state index is 0.152. The highest BCUT2D eigenvalue weighted by molar-refractivity contribution is 7.99. The minimum atomic E-state index is -0.426. The topological polar surface area (TPSA) is 103 Å². The Balaban J connectivity index is 1.30. The lowest BCUT2D eigenvalue weighted by Crippen LogP contribution is -2.14. The summed E-state index contributed by atoms with van der Waals surface area (Å²) in [5, 5.41) is 16.6. The van der Waals surface area contributed by atoms with Gasteiger partial charge in [0.25, 0.3) is 0 Å². The van der Waals surface area contributed by atoms with Crippen LogP contribution in [0.3, 0.4) is 0 Å². The van der Waals surface area contributed by atoms with Gasteiger partial charge in [-0.1, -0.05) is 42.1 Å². The van der Waals surface area contributed by atoms with Crippen molar-refractivity contribution in [1.29, 1.82) is 0 Å². The van der Waals surface area contributed by atoms with Crippen LogP contribution in [0.5, 0.6) is 0 Å². The molecule has 0 atom stereocenters. The lowest BCUT2D eigenvalue weighted by molar-refractivity contribution is -0.113. The first-order valence-electron chi connectivity index (χ1n) is 10.0. The maximum Gasteiger partial charge on any atom is 0.337 e. The number of thioether (sulfide) groups is 1. The van der Waals surface area contributed by atoms with E-state index < -0.39 is 5.97 Å². The summed E-state index contributed by atoms with van der Waals surface area (Å²) in [6.45, 7) is 0. The SMILES string of the molecule is COC(=O)c1ccc(NC(=O)CSc2nnc3c4cc(-c5ccccc5)nn4ccn23)cc1. The van der Waals surface area contributed by atoms with Gasteiger partial charge in [-0.2, -0.15) is 5.10 Å². The van der Waals surface area contributed by atoms with Crippen LogP contribution in [-0.2, 0) is 9.53 Å². The van der Waals surface area contributed by atoms with E-state index in [1.165, 1.54) is 18.9 Å². The first-order valence-corrected chi connectivity index (χ1v) is 11.0. The van der Waals surface area contributed by atoms with Crippen LogP contribution >= 0.6 is 11.8 Å². The molecule has 0 aliphatic heterocycles. The van der Waals surface area contributed by atoms with Gasteiger partial charge < -0.3 is 10.1 Å². The third-order valence-electron chi connectivity index (χ3n) is 4.98. The van der Waals surface area contributed by atoms with Crippen molar-refractivity contribution in [2.24, 2.45) is 0 Å². The lowest BCUT2D eigenvalue weighted by Gasteiger charge is -2.06. The van der Waals surface area contributed by atoms with Crippen LogP contribution in [0.2, 0.25) is 0 Å². The van der Waals surface area contributed by atoms with Gasteiger partial charge in [-0.25, -0.2) is 9.31 Å². The normalized spacial score (nSPS) is 11.1. The Morgan fingerprint density at radius 1 is 1.03 bits per heavy atom. The molecule has 0 bridgehead atoms. The summed E-state index contributed by atoms with van der Waals surface area (Å²) in [6, 6.07) is 18.4. The number of nitrogens with zero attached hydrogens (tertiary/aromatic N) is 5. The molecule has 0 saturated carbocycles. The highest BCUT2D eigenvalue weighted by atomic mass is 32.2. The van der Waals surface area contributed by atoms with Gasteiger partial charge in [-0.3, -0.25) is 9.20 Å². The molecule has 0 aliphatic rings. The summed E-state index contributed by atoms with van der Waals surface area (Å²) in [7, 11) is 1.32. The van der Waals surface area contributed by atoms with Crippen molar-refractivity contribution in [2.45, 2.75) is 5.16 Å². The molecule has 3 aromatic heterocycles. The van der Waals surface area contributed by atoms with E-state index >= 15 is 0 Å². The van der Waals surface area contributed by atoms with E-state index in [9.17, 15) is 9.59 Å². The summed E-state index contributed by atoms with van der Waals surface area (Å²) in [4.78, 5) is 23.9. The highest BCUT2D eigenvalue weighted by Gasteiger charge is 2.14. The maximum absolute atomic E-state index is 12.4. The summed E-state index contributed by atoms with van der Waals surface area (Å²) < 4.78 is 8.28. The molecule has 0 unspecified atom stereocenters. The number of carbonyl (C=O) groups excluding carboxylic acids is 2. The molecule has 0 fully saturated rings. The zero-order valence-electron chi connectivity index (χ0n) is 17.5. The molecule has 164 valence electrons. The first kappa shape index (κ1) is 20.7. The number of esters is 1. The van der Waals surface area contributed by atoms with Crippen molar-refractivity contribution in [1.82, 2.24) is 24.2 Å². The molecular weight excluding hydrogens is 440 g/mol. The van der Waals surface area contributed by atoms with Gasteiger partial charge in [-0.15, -0.1) is 10.2 Å². The Morgan fingerprint density at radius 3 is 2.58 bits per heavy atom. The van der Waals surface area contributed by atoms with Gasteiger partial charge in [0.2, 0.25) is 5.91 Å². The number of rotatable bonds is 6. The van der Waals surface area contributed by atoms with Crippen molar-refractivity contribution in [3.8, 4) is 11.3 Å². The average Bonchev–Trinajstić information content (AvgIpc) is 3.47. The Kier molecular flexibility index (Phi) is 5.49. The summed E-state index contributed by atoms with van der Waals surface area (Å²) in [6.07, 6.45) is 3.67. The number of fused-ring (bicyclic) bond motifs is 3. The van der Waals surface area contributed by atoms with Crippen LogP contribution in [0.25, 0.3) is 22.4 Å². The second kappa shape index (κ2) is 8.75. The third-order valence-corrected chi connectivity index (χ3v) is 5.92. The van der Waals surface area contributed by atoms with Crippen molar-refractivity contribution in [3.05, 3.63) is 78.6 Å². The second-order valence-corrected chi connectivity index (χ2v) is 8.05. The van der Waals surface area contributed by atoms with Crippen LogP contribution in [-0.4, -0.2) is 49.0 Å². The van der Waals surface area contributed by atoms with E-state index in [1.807, 2.05) is 53.2 Å². The Hall–Kier alpha value is -4.18. The zero-order chi connectivity index (χ0) is 22.8. The molecule has 3 heterocycles. The predicted octanol–water partition coefficient (Wildman–Crippen LogP) is 3.56. The van der Waals surface area contributed by atoms with Crippen LogP contribution < -0.4 is 5.32 Å². The number of amides is 1. The summed E-state index contributed by atoms with van der Waals surface area (Å²) >= 11 is 1.28. The number of benzene rings is 2. The molecule has 1 amide bonds. The number of hydrogen-bond donors (Lipinski definition) is 1. The fourth-order valence-electron chi connectivity index (χ4n) is 3.37. The number of carbonyl (C=O) groups is 2. The fraction of sp³-hybridized carbons (Fsp3) is 0.0870. The molecule has 2 aromatic carbocycles. The molecule has 5 rings (SSSR count). The third kappa shape index (κ3) is 4.15. The van der Waals surface area contributed by atoms with E-state index in [0.717, 1.165) is 16.8 Å². The van der Waals surface area contributed by atoms with Crippen LogP contribution in [0, 0.1) is 0 Å². The number of methoxy groups -OCH3 is 1. The van der Waals surface area contributed by atoms with Crippen LogP contribution in [0.15, 0.2) is 78.2 Å². The quantitative estimate of drug-likeness (QED) is 0.307. The van der Waals surface area contributed by atoms with Crippen LogP contribution in [0.1, 0.15) is 10.4 Å². The lowest BCUT2D eigenvalue weighted by atomic mass is 10.1. The number of hydrogen-bond acceptors (Lipinski definition) is 7. The molecule has 5 aromatic rings. The fourth-order valence-corrected chi connectivity index (χ4v) is 4.09. The first-order chi connectivity index (χ1) is 16.1. The van der Waals surface area contributed by atoms with E-state index in [2.05, 4.69) is 25.3 Å². The molecular formula is C23H18N6O3S. The average molecular weight is 459 g/mol. The predicted molar refractivity (Wildman–Crippen MR) is 124 cm³/mol. The molecule has 10 heteroatoms. The summed E-state index contributed by atoms with van der Waals surface area (Å²) in [5.41, 5.74) is 4.36. The standard InChI is InChI=1S/C23H18N6O3S/c1-32-22(31)16-7-9-17(10-8-16)24-20(30)14-33-23-26-25-21-19-13-18(15-5-3-2-4-6-15)27-29(19)12-11-28(21)23/h2-13H,14H2,1H3,(H,24,30). The largest absolute Gasteiger partial charge is 0.465 e. The van der Waals surface area contributed by atoms with Crippen molar-refractivity contribution < 1.29 is 14.3 Å². The number of ether oxygens (including phenoxy) is 1. The second-order valence-electron chi connectivity index (χ2n) is 7.11. The van der Waals surface area contributed by atoms with Crippen LogP contribution in [0.4, 0.5) is 5.69 Å². The monoisotopic (exact) mass is 458 g/mol. The Labute approximate surface area is 192 Å². The van der Waals surface area contributed by atoms with E-state index in [0.29, 0.717) is 22.1 Å². The minimum Gasteiger partial charge on any atom is -0.465 e.